The molecule has 1 heterocycles. The molecule has 1 aliphatic heterocycles. The zero-order valence-electron chi connectivity index (χ0n) is 15.7. The standard InChI is InChI=1S/C23H31NOS/c1-26(19-11-4-2-5-12-19,20-13-6-3-7-14-20)17-23(25)22-16-18-10-8-9-15-21(18)24-22/h2-7,11-14,18,21-25H,8-10,15-17H2,1H3/t18-,21-,22-,23+/m1/s1. The summed E-state index contributed by atoms with van der Waals surface area (Å²) in [5, 5.41) is 15.0. The molecule has 2 N–H and O–H groups in total. The van der Waals surface area contributed by atoms with Gasteiger partial charge in [-0.15, -0.1) is 0 Å². The zero-order valence-corrected chi connectivity index (χ0v) is 16.5. The third-order valence-electron chi connectivity index (χ3n) is 6.39. The van der Waals surface area contributed by atoms with Crippen LogP contribution < -0.4 is 5.32 Å². The number of hydrogen-bond acceptors (Lipinski definition) is 2. The van der Waals surface area contributed by atoms with Gasteiger partial charge in [-0.25, -0.2) is 0 Å². The van der Waals surface area contributed by atoms with Crippen LogP contribution in [0.15, 0.2) is 70.5 Å². The molecule has 2 aliphatic rings. The van der Waals surface area contributed by atoms with E-state index in [-0.39, 0.29) is 12.1 Å². The van der Waals surface area contributed by atoms with E-state index in [1.807, 2.05) is 0 Å². The Balaban J connectivity index is 1.57. The van der Waals surface area contributed by atoms with E-state index in [2.05, 4.69) is 72.2 Å². The molecule has 0 radical (unpaired) electrons. The minimum absolute atomic E-state index is 0.252. The molecule has 0 amide bonds. The number of aliphatic hydroxyl groups is 1. The number of nitrogens with one attached hydrogen (secondary N) is 1. The maximum atomic E-state index is 11.2. The van der Waals surface area contributed by atoms with Gasteiger partial charge in [0.05, 0.1) is 6.10 Å². The SMILES string of the molecule is CS(C[C@H](O)[C@H]1C[C@H]2CCCC[C@H]2N1)(c1ccccc1)c1ccccc1. The van der Waals surface area contributed by atoms with Crippen LogP contribution in [0.3, 0.4) is 0 Å². The second-order valence-electron chi connectivity index (χ2n) is 8.11. The van der Waals surface area contributed by atoms with Crippen LogP contribution in [-0.4, -0.2) is 35.3 Å². The average Bonchev–Trinajstić information content (AvgIpc) is 3.14. The summed E-state index contributed by atoms with van der Waals surface area (Å²) in [7, 11) is -1.26. The second-order valence-corrected chi connectivity index (χ2v) is 11.6. The lowest BCUT2D eigenvalue weighted by Crippen LogP contribution is -2.41. The van der Waals surface area contributed by atoms with Crippen LogP contribution in [0.1, 0.15) is 32.1 Å². The molecule has 2 aromatic rings. The molecule has 4 atom stereocenters. The fourth-order valence-electron chi connectivity index (χ4n) is 4.87. The first-order valence-electron chi connectivity index (χ1n) is 9.97. The minimum atomic E-state index is -1.26. The van der Waals surface area contributed by atoms with Crippen LogP contribution in [0, 0.1) is 5.92 Å². The second kappa shape index (κ2) is 7.75. The Kier molecular flexibility index (Phi) is 5.40. The lowest BCUT2D eigenvalue weighted by Gasteiger charge is -2.40. The van der Waals surface area contributed by atoms with Gasteiger partial charge in [0.25, 0.3) is 0 Å². The van der Waals surface area contributed by atoms with Gasteiger partial charge in [-0.2, -0.15) is 10.0 Å². The Hall–Kier alpha value is -1.29. The molecule has 1 saturated heterocycles. The molecule has 0 aromatic heterocycles. The molecule has 3 heteroatoms. The molecule has 2 nitrogen and oxygen atoms in total. The normalized spacial score (nSPS) is 27.7. The monoisotopic (exact) mass is 369 g/mol. The maximum absolute atomic E-state index is 11.2. The van der Waals surface area contributed by atoms with Gasteiger partial charge in [-0.3, -0.25) is 0 Å². The van der Waals surface area contributed by atoms with Crippen molar-refractivity contribution in [1.29, 1.82) is 0 Å². The Labute approximate surface area is 159 Å². The molecular formula is C23H31NOS. The largest absolute Gasteiger partial charge is 0.391 e. The van der Waals surface area contributed by atoms with E-state index in [1.54, 1.807) is 0 Å². The van der Waals surface area contributed by atoms with E-state index in [1.165, 1.54) is 35.5 Å². The highest BCUT2D eigenvalue weighted by Crippen LogP contribution is 2.60. The van der Waals surface area contributed by atoms with Crippen LogP contribution >= 0.6 is 10.0 Å². The van der Waals surface area contributed by atoms with E-state index in [4.69, 9.17) is 0 Å². The van der Waals surface area contributed by atoms with Gasteiger partial charge in [0.15, 0.2) is 0 Å². The molecule has 0 bridgehead atoms. The Morgan fingerprint density at radius 3 is 2.12 bits per heavy atom. The number of benzene rings is 2. The summed E-state index contributed by atoms with van der Waals surface area (Å²) >= 11 is 0. The van der Waals surface area contributed by atoms with Crippen molar-refractivity contribution in [3.63, 3.8) is 0 Å². The van der Waals surface area contributed by atoms with Crippen molar-refractivity contribution < 1.29 is 5.11 Å². The minimum Gasteiger partial charge on any atom is -0.391 e. The summed E-state index contributed by atoms with van der Waals surface area (Å²) < 4.78 is 0. The van der Waals surface area contributed by atoms with Crippen molar-refractivity contribution in [3.05, 3.63) is 60.7 Å². The molecule has 2 fully saturated rings. The number of aliphatic hydroxyl groups excluding tert-OH is 1. The molecule has 0 unspecified atom stereocenters. The smallest absolute Gasteiger partial charge is 0.0775 e. The Morgan fingerprint density at radius 2 is 1.54 bits per heavy atom. The fourth-order valence-corrected chi connectivity index (χ4v) is 7.96. The summed E-state index contributed by atoms with van der Waals surface area (Å²) in [5.41, 5.74) is 0. The Bertz CT molecular complexity index is 651. The van der Waals surface area contributed by atoms with Crippen molar-refractivity contribution in [2.45, 2.75) is 60.1 Å². The van der Waals surface area contributed by atoms with Crippen molar-refractivity contribution in [2.75, 3.05) is 12.0 Å². The van der Waals surface area contributed by atoms with Gasteiger partial charge in [0.2, 0.25) is 0 Å². The van der Waals surface area contributed by atoms with E-state index in [0.29, 0.717) is 6.04 Å². The maximum Gasteiger partial charge on any atom is 0.0775 e. The zero-order chi connectivity index (χ0) is 18.0. The molecule has 26 heavy (non-hydrogen) atoms. The van der Waals surface area contributed by atoms with Crippen LogP contribution in [0.2, 0.25) is 0 Å². The molecule has 1 aliphatic carbocycles. The molecule has 0 spiro atoms. The first-order chi connectivity index (χ1) is 12.7. The molecule has 2 aromatic carbocycles. The first-order valence-corrected chi connectivity index (χ1v) is 12.2. The van der Waals surface area contributed by atoms with Gasteiger partial charge in [0.1, 0.15) is 0 Å². The number of fused-ring (bicyclic) bond motifs is 1. The lowest BCUT2D eigenvalue weighted by molar-refractivity contribution is 0.155. The molecule has 140 valence electrons. The summed E-state index contributed by atoms with van der Waals surface area (Å²) in [6, 6.07) is 22.5. The average molecular weight is 370 g/mol. The van der Waals surface area contributed by atoms with E-state index >= 15 is 0 Å². The molecule has 1 saturated carbocycles. The molecular weight excluding hydrogens is 338 g/mol. The predicted octanol–water partition coefficient (Wildman–Crippen LogP) is 4.82. The van der Waals surface area contributed by atoms with Crippen LogP contribution in [0.4, 0.5) is 0 Å². The highest BCUT2D eigenvalue weighted by atomic mass is 32.3. The quantitative estimate of drug-likeness (QED) is 0.792. The highest BCUT2D eigenvalue weighted by molar-refractivity contribution is 8.33. The van der Waals surface area contributed by atoms with Crippen molar-refractivity contribution in [2.24, 2.45) is 5.92 Å². The Morgan fingerprint density at radius 1 is 0.962 bits per heavy atom. The number of rotatable bonds is 5. The summed E-state index contributed by atoms with van der Waals surface area (Å²) in [6.45, 7) is 0. The van der Waals surface area contributed by atoms with E-state index in [0.717, 1.165) is 18.1 Å². The first kappa shape index (κ1) is 18.1. The number of hydrogen-bond donors (Lipinski definition) is 2. The summed E-state index contributed by atoms with van der Waals surface area (Å²) in [6.07, 6.45) is 8.54. The molecule has 4 rings (SSSR count). The van der Waals surface area contributed by atoms with Gasteiger partial charge in [-0.1, -0.05) is 49.2 Å². The van der Waals surface area contributed by atoms with Crippen LogP contribution in [-0.2, 0) is 0 Å². The van der Waals surface area contributed by atoms with Crippen molar-refractivity contribution >= 4 is 10.0 Å². The predicted molar refractivity (Wildman–Crippen MR) is 111 cm³/mol. The highest BCUT2D eigenvalue weighted by Gasteiger charge is 2.39. The third kappa shape index (κ3) is 3.58. The topological polar surface area (TPSA) is 32.3 Å². The van der Waals surface area contributed by atoms with Gasteiger partial charge < -0.3 is 10.4 Å². The lowest BCUT2D eigenvalue weighted by atomic mass is 9.85. The fraction of sp³-hybridized carbons (Fsp3) is 0.478. The summed E-state index contributed by atoms with van der Waals surface area (Å²) in [5.74, 6) is 1.61. The van der Waals surface area contributed by atoms with Crippen LogP contribution in [0.25, 0.3) is 0 Å². The van der Waals surface area contributed by atoms with Gasteiger partial charge >= 0.3 is 0 Å². The third-order valence-corrected chi connectivity index (χ3v) is 10.0. The summed E-state index contributed by atoms with van der Waals surface area (Å²) in [4.78, 5) is 2.72. The van der Waals surface area contributed by atoms with Gasteiger partial charge in [-0.05, 0) is 65.5 Å². The van der Waals surface area contributed by atoms with Crippen LogP contribution in [0.5, 0.6) is 0 Å². The van der Waals surface area contributed by atoms with Crippen molar-refractivity contribution in [3.8, 4) is 0 Å². The van der Waals surface area contributed by atoms with Crippen molar-refractivity contribution in [1.82, 2.24) is 5.32 Å². The van der Waals surface area contributed by atoms with Gasteiger partial charge in [0, 0.05) is 17.8 Å². The van der Waals surface area contributed by atoms with E-state index < -0.39 is 10.0 Å². The van der Waals surface area contributed by atoms with E-state index in [9.17, 15) is 5.11 Å².